The van der Waals surface area contributed by atoms with Gasteiger partial charge in [-0.15, -0.1) is 0 Å². The fourth-order valence-electron chi connectivity index (χ4n) is 3.38. The molecule has 0 saturated carbocycles. The summed E-state index contributed by atoms with van der Waals surface area (Å²) < 4.78 is 16.8. The first kappa shape index (κ1) is 14.8. The van der Waals surface area contributed by atoms with Crippen molar-refractivity contribution in [1.82, 2.24) is 5.32 Å². The molecule has 0 aromatic heterocycles. The molecule has 3 aromatic carbocycles. The lowest BCUT2D eigenvalue weighted by atomic mass is 9.94. The molecule has 0 unspecified atom stereocenters. The van der Waals surface area contributed by atoms with E-state index in [1.54, 1.807) is 18.2 Å². The Balaban J connectivity index is 1.55. The van der Waals surface area contributed by atoms with E-state index in [4.69, 9.17) is 14.2 Å². The van der Waals surface area contributed by atoms with E-state index in [-0.39, 0.29) is 18.7 Å². The van der Waals surface area contributed by atoms with E-state index in [1.165, 1.54) is 0 Å². The predicted octanol–water partition coefficient (Wildman–Crippen LogP) is 4.04. The zero-order valence-electron chi connectivity index (χ0n) is 13.8. The second kappa shape index (κ2) is 5.81. The third-order valence-electron chi connectivity index (χ3n) is 4.60. The summed E-state index contributed by atoms with van der Waals surface area (Å²) in [6.07, 6.45) is 0. The van der Waals surface area contributed by atoms with Crippen LogP contribution < -0.4 is 19.5 Å². The van der Waals surface area contributed by atoms with Gasteiger partial charge in [0, 0.05) is 11.1 Å². The second-order valence-electron chi connectivity index (χ2n) is 6.12. The van der Waals surface area contributed by atoms with Gasteiger partial charge in [-0.2, -0.15) is 0 Å². The maximum atomic E-state index is 13.0. The van der Waals surface area contributed by atoms with E-state index in [2.05, 4.69) is 5.32 Å². The second-order valence-corrected chi connectivity index (χ2v) is 6.12. The van der Waals surface area contributed by atoms with Gasteiger partial charge < -0.3 is 19.5 Å². The third kappa shape index (κ3) is 2.29. The molecule has 5 nitrogen and oxygen atoms in total. The minimum atomic E-state index is -0.304. The van der Waals surface area contributed by atoms with Crippen molar-refractivity contribution in [3.05, 3.63) is 83.4 Å². The van der Waals surface area contributed by atoms with E-state index in [9.17, 15) is 4.79 Å². The van der Waals surface area contributed by atoms with Gasteiger partial charge in [0.25, 0.3) is 5.91 Å². The normalized spacial score (nSPS) is 14.2. The number of para-hydroxylation sites is 3. The van der Waals surface area contributed by atoms with Gasteiger partial charge in [0.1, 0.15) is 11.5 Å². The van der Waals surface area contributed by atoms with Crippen LogP contribution in [0.15, 0.2) is 66.7 Å². The van der Waals surface area contributed by atoms with Crippen LogP contribution in [0.1, 0.15) is 27.5 Å². The zero-order chi connectivity index (χ0) is 17.5. The van der Waals surface area contributed by atoms with Crippen LogP contribution in [-0.2, 0) is 0 Å². The van der Waals surface area contributed by atoms with Gasteiger partial charge in [0.15, 0.2) is 11.5 Å². The summed E-state index contributed by atoms with van der Waals surface area (Å²) in [5, 5.41) is 3.12. The lowest BCUT2D eigenvalue weighted by molar-refractivity contribution is 0.0937. The zero-order valence-corrected chi connectivity index (χ0v) is 13.8. The number of nitrogens with one attached hydrogen (secondary N) is 1. The highest BCUT2D eigenvalue weighted by molar-refractivity contribution is 5.98. The number of fused-ring (bicyclic) bond motifs is 3. The van der Waals surface area contributed by atoms with Gasteiger partial charge in [-0.05, 0) is 24.3 Å². The molecule has 2 aliphatic rings. The molecule has 1 N–H and O–H groups in total. The molecule has 128 valence electrons. The maximum Gasteiger partial charge on any atom is 0.255 e. The minimum Gasteiger partial charge on any atom is -0.457 e. The molecule has 0 fully saturated rings. The minimum absolute atomic E-state index is 0.128. The first-order chi connectivity index (χ1) is 12.8. The van der Waals surface area contributed by atoms with Crippen LogP contribution in [0.2, 0.25) is 0 Å². The van der Waals surface area contributed by atoms with Gasteiger partial charge in [0.05, 0.1) is 11.6 Å². The first-order valence-electron chi connectivity index (χ1n) is 8.36. The molecule has 3 aromatic rings. The molecule has 0 radical (unpaired) electrons. The summed E-state index contributed by atoms with van der Waals surface area (Å²) in [5.41, 5.74) is 2.30. The predicted molar refractivity (Wildman–Crippen MR) is 94.8 cm³/mol. The van der Waals surface area contributed by atoms with E-state index in [1.807, 2.05) is 48.5 Å². The molecule has 0 aliphatic carbocycles. The molecule has 0 spiro atoms. The van der Waals surface area contributed by atoms with Gasteiger partial charge in [-0.3, -0.25) is 4.79 Å². The van der Waals surface area contributed by atoms with Crippen molar-refractivity contribution in [2.75, 3.05) is 6.79 Å². The van der Waals surface area contributed by atoms with Crippen molar-refractivity contribution < 1.29 is 19.0 Å². The quantitative estimate of drug-likeness (QED) is 0.761. The lowest BCUT2D eigenvalue weighted by Crippen LogP contribution is -2.31. The van der Waals surface area contributed by atoms with Gasteiger partial charge in [-0.25, -0.2) is 0 Å². The number of benzene rings is 3. The van der Waals surface area contributed by atoms with Crippen LogP contribution in [0, 0.1) is 0 Å². The number of hydrogen-bond acceptors (Lipinski definition) is 4. The van der Waals surface area contributed by atoms with Crippen molar-refractivity contribution in [1.29, 1.82) is 0 Å². The number of ether oxygens (including phenoxy) is 3. The Morgan fingerprint density at radius 1 is 0.808 bits per heavy atom. The Hall–Kier alpha value is -3.47. The van der Waals surface area contributed by atoms with Gasteiger partial charge in [-0.1, -0.05) is 42.5 Å². The van der Waals surface area contributed by atoms with Gasteiger partial charge in [0.2, 0.25) is 6.79 Å². The number of hydrogen-bond donors (Lipinski definition) is 1. The molecule has 26 heavy (non-hydrogen) atoms. The van der Waals surface area contributed by atoms with Crippen LogP contribution in [0.5, 0.6) is 23.0 Å². The third-order valence-corrected chi connectivity index (χ3v) is 4.60. The van der Waals surface area contributed by atoms with Crippen molar-refractivity contribution in [2.24, 2.45) is 0 Å². The fraction of sp³-hybridized carbons (Fsp3) is 0.0952. The summed E-state index contributed by atoms with van der Waals surface area (Å²) in [6.45, 7) is 0.128. The van der Waals surface area contributed by atoms with Crippen LogP contribution in [0.3, 0.4) is 0 Å². The Bertz CT molecular complexity index is 969. The number of carbonyl (C=O) groups is 1. The average Bonchev–Trinajstić information content (AvgIpc) is 3.16. The number of amides is 1. The molecule has 2 heterocycles. The number of rotatable bonds is 2. The smallest absolute Gasteiger partial charge is 0.255 e. The monoisotopic (exact) mass is 345 g/mol. The highest BCUT2D eigenvalue weighted by Gasteiger charge is 2.30. The summed E-state index contributed by atoms with van der Waals surface area (Å²) in [5.74, 6) is 2.34. The van der Waals surface area contributed by atoms with E-state index >= 15 is 0 Å². The van der Waals surface area contributed by atoms with Gasteiger partial charge >= 0.3 is 0 Å². The maximum absolute atomic E-state index is 13.0. The molecule has 5 rings (SSSR count). The molecule has 0 bridgehead atoms. The molecule has 2 aliphatic heterocycles. The summed E-state index contributed by atoms with van der Waals surface area (Å²) in [4.78, 5) is 13.0. The standard InChI is InChI=1S/C21H15NO4/c23-21(15-8-5-11-18-20(15)25-12-24-18)22-19-13-6-1-3-9-16(13)26-17-10-4-2-7-14(17)19/h1-11,19H,12H2,(H,22,23). The highest BCUT2D eigenvalue weighted by atomic mass is 16.7. The molecule has 0 atom stereocenters. The summed E-state index contributed by atoms with van der Waals surface area (Å²) >= 11 is 0. The van der Waals surface area contributed by atoms with Crippen molar-refractivity contribution in [3.63, 3.8) is 0 Å². The van der Waals surface area contributed by atoms with Crippen LogP contribution in [0.25, 0.3) is 0 Å². The first-order valence-corrected chi connectivity index (χ1v) is 8.36. The SMILES string of the molecule is O=C(NC1c2ccccc2Oc2ccccc21)c1cccc2c1OCO2. The summed E-state index contributed by atoms with van der Waals surface area (Å²) in [7, 11) is 0. The van der Waals surface area contributed by atoms with Crippen molar-refractivity contribution in [3.8, 4) is 23.0 Å². The van der Waals surface area contributed by atoms with Crippen molar-refractivity contribution in [2.45, 2.75) is 6.04 Å². The largest absolute Gasteiger partial charge is 0.457 e. The summed E-state index contributed by atoms with van der Waals surface area (Å²) in [6, 6.07) is 20.5. The van der Waals surface area contributed by atoms with Crippen LogP contribution >= 0.6 is 0 Å². The highest BCUT2D eigenvalue weighted by Crippen LogP contribution is 2.43. The molecule has 5 heteroatoms. The fourth-order valence-corrected chi connectivity index (χ4v) is 3.38. The van der Waals surface area contributed by atoms with E-state index < -0.39 is 0 Å². The Kier molecular flexibility index (Phi) is 3.31. The number of carbonyl (C=O) groups excluding carboxylic acids is 1. The lowest BCUT2D eigenvalue weighted by Gasteiger charge is -2.28. The average molecular weight is 345 g/mol. The van der Waals surface area contributed by atoms with Crippen molar-refractivity contribution >= 4 is 5.91 Å². The topological polar surface area (TPSA) is 56.8 Å². The van der Waals surface area contributed by atoms with E-state index in [0.717, 1.165) is 22.6 Å². The van der Waals surface area contributed by atoms with Crippen LogP contribution in [-0.4, -0.2) is 12.7 Å². The van der Waals surface area contributed by atoms with Crippen LogP contribution in [0.4, 0.5) is 0 Å². The Morgan fingerprint density at radius 2 is 1.46 bits per heavy atom. The Labute approximate surface area is 150 Å². The van der Waals surface area contributed by atoms with E-state index in [0.29, 0.717) is 17.1 Å². The molecule has 1 amide bonds. The Morgan fingerprint density at radius 3 is 2.19 bits per heavy atom. The molecular formula is C21H15NO4. The molecular weight excluding hydrogens is 330 g/mol. The molecule has 0 saturated heterocycles.